The van der Waals surface area contributed by atoms with Crippen LogP contribution < -0.4 is 10.4 Å². The molecule has 0 saturated heterocycles. The summed E-state index contributed by atoms with van der Waals surface area (Å²) in [5.74, 6) is -2.26. The number of nitrogens with zero attached hydrogens (tertiary/aromatic N) is 1. The lowest BCUT2D eigenvalue weighted by molar-refractivity contribution is 0.0706. The Hall–Kier alpha value is -3.91. The van der Waals surface area contributed by atoms with E-state index in [1.807, 2.05) is 13.8 Å². The molecule has 3 aromatic carbocycles. The van der Waals surface area contributed by atoms with Crippen LogP contribution in [-0.2, 0) is 6.54 Å². The van der Waals surface area contributed by atoms with E-state index in [9.17, 15) is 24.2 Å². The van der Waals surface area contributed by atoms with Crippen molar-refractivity contribution in [2.24, 2.45) is 0 Å². The molecule has 0 aliphatic rings. The van der Waals surface area contributed by atoms with E-state index < -0.39 is 17.6 Å². The Balaban J connectivity index is 2.02. The number of anilines is 1. The van der Waals surface area contributed by atoms with Crippen molar-refractivity contribution in [3.05, 3.63) is 88.7 Å². The average molecular weight is 438 g/mol. The third-order valence-corrected chi connectivity index (χ3v) is 5.04. The highest BCUT2D eigenvalue weighted by molar-refractivity contribution is 6.08. The summed E-state index contributed by atoms with van der Waals surface area (Å²) in [4.78, 5) is 26.4. The van der Waals surface area contributed by atoms with E-state index in [1.54, 1.807) is 17.6 Å². The fourth-order valence-electron chi connectivity index (χ4n) is 3.28. The lowest BCUT2D eigenvalue weighted by atomic mass is 9.98. The van der Waals surface area contributed by atoms with Gasteiger partial charge in [0.05, 0.1) is 12.1 Å². The van der Waals surface area contributed by atoms with Crippen molar-refractivity contribution in [2.45, 2.75) is 26.3 Å². The Morgan fingerprint density at radius 1 is 0.969 bits per heavy atom. The van der Waals surface area contributed by atoms with Gasteiger partial charge in [0.15, 0.2) is 0 Å². The standard InChI is InChI=1S/C24H23FN2O5/c1-14(2)19-11-20(22(29)12-21(19)28)24(31)27(18-9-7-17(25)8-10-18)13-15-3-5-16(6-4-15)23(30)26-32/h3-12,14,28-29,32H,13H2,1-2H3,(H,26,30). The second kappa shape index (κ2) is 9.49. The van der Waals surface area contributed by atoms with Gasteiger partial charge in [0.1, 0.15) is 17.3 Å². The van der Waals surface area contributed by atoms with Gasteiger partial charge in [-0.05, 0) is 59.5 Å². The van der Waals surface area contributed by atoms with Crippen LogP contribution in [0.3, 0.4) is 0 Å². The quantitative estimate of drug-likeness (QED) is 0.338. The molecule has 2 amide bonds. The van der Waals surface area contributed by atoms with Crippen LogP contribution in [0.5, 0.6) is 11.5 Å². The summed E-state index contributed by atoms with van der Waals surface area (Å²) in [6.07, 6.45) is 0. The van der Waals surface area contributed by atoms with E-state index in [2.05, 4.69) is 0 Å². The molecule has 3 rings (SSSR count). The van der Waals surface area contributed by atoms with Crippen molar-refractivity contribution in [2.75, 3.05) is 4.90 Å². The maximum Gasteiger partial charge on any atom is 0.274 e. The van der Waals surface area contributed by atoms with Crippen LogP contribution >= 0.6 is 0 Å². The van der Waals surface area contributed by atoms with Crippen LogP contribution in [0.4, 0.5) is 10.1 Å². The van der Waals surface area contributed by atoms with E-state index >= 15 is 0 Å². The molecular weight excluding hydrogens is 415 g/mol. The number of carbonyl (C=O) groups is 2. The van der Waals surface area contributed by atoms with Crippen LogP contribution in [-0.4, -0.2) is 27.2 Å². The molecule has 0 atom stereocenters. The highest BCUT2D eigenvalue weighted by Gasteiger charge is 2.24. The molecule has 7 nitrogen and oxygen atoms in total. The SMILES string of the molecule is CC(C)c1cc(C(=O)N(Cc2ccc(C(=O)NO)cc2)c2ccc(F)cc2)c(O)cc1O. The average Bonchev–Trinajstić information content (AvgIpc) is 2.77. The molecule has 0 spiro atoms. The Morgan fingerprint density at radius 3 is 2.16 bits per heavy atom. The molecule has 0 aliphatic heterocycles. The van der Waals surface area contributed by atoms with Gasteiger partial charge in [-0.1, -0.05) is 26.0 Å². The summed E-state index contributed by atoms with van der Waals surface area (Å²) in [5.41, 5.74) is 3.33. The topological polar surface area (TPSA) is 110 Å². The second-order valence-corrected chi connectivity index (χ2v) is 7.59. The third kappa shape index (κ3) is 4.87. The minimum atomic E-state index is -0.668. The number of hydrogen-bond acceptors (Lipinski definition) is 5. The fraction of sp³-hybridized carbons (Fsp3) is 0.167. The van der Waals surface area contributed by atoms with Crippen molar-refractivity contribution in [1.82, 2.24) is 5.48 Å². The number of hydrogen-bond donors (Lipinski definition) is 4. The second-order valence-electron chi connectivity index (χ2n) is 7.59. The molecule has 32 heavy (non-hydrogen) atoms. The highest BCUT2D eigenvalue weighted by Crippen LogP contribution is 2.34. The predicted octanol–water partition coefficient (Wildman–Crippen LogP) is 4.33. The van der Waals surface area contributed by atoms with Crippen LogP contribution in [0.2, 0.25) is 0 Å². The smallest absolute Gasteiger partial charge is 0.274 e. The molecular formula is C24H23FN2O5. The van der Waals surface area contributed by atoms with Gasteiger partial charge in [0.2, 0.25) is 0 Å². The van der Waals surface area contributed by atoms with Gasteiger partial charge in [-0.2, -0.15) is 0 Å². The van der Waals surface area contributed by atoms with E-state index in [0.717, 1.165) is 6.07 Å². The van der Waals surface area contributed by atoms with Crippen molar-refractivity contribution < 1.29 is 29.4 Å². The summed E-state index contributed by atoms with van der Waals surface area (Å²) >= 11 is 0. The summed E-state index contributed by atoms with van der Waals surface area (Å²) in [6.45, 7) is 3.76. The molecule has 0 radical (unpaired) electrons. The van der Waals surface area contributed by atoms with Gasteiger partial charge in [-0.3, -0.25) is 14.8 Å². The summed E-state index contributed by atoms with van der Waals surface area (Å²) in [5, 5.41) is 29.2. The Morgan fingerprint density at radius 2 is 1.59 bits per heavy atom. The molecule has 0 bridgehead atoms. The third-order valence-electron chi connectivity index (χ3n) is 5.04. The number of carbonyl (C=O) groups excluding carboxylic acids is 2. The molecule has 0 saturated carbocycles. The van der Waals surface area contributed by atoms with E-state index in [1.165, 1.54) is 47.4 Å². The van der Waals surface area contributed by atoms with Crippen molar-refractivity contribution in [1.29, 1.82) is 0 Å². The molecule has 8 heteroatoms. The molecule has 0 fully saturated rings. The first-order valence-corrected chi connectivity index (χ1v) is 9.88. The minimum Gasteiger partial charge on any atom is -0.508 e. The van der Waals surface area contributed by atoms with Gasteiger partial charge in [-0.15, -0.1) is 0 Å². The normalized spacial score (nSPS) is 10.8. The van der Waals surface area contributed by atoms with Crippen molar-refractivity contribution in [3.63, 3.8) is 0 Å². The first-order chi connectivity index (χ1) is 15.2. The maximum absolute atomic E-state index is 13.5. The number of benzene rings is 3. The first kappa shape index (κ1) is 22.8. The number of amides is 2. The number of nitrogens with one attached hydrogen (secondary N) is 1. The Kier molecular flexibility index (Phi) is 6.75. The predicted molar refractivity (Wildman–Crippen MR) is 116 cm³/mol. The molecule has 0 heterocycles. The number of aromatic hydroxyl groups is 2. The van der Waals surface area contributed by atoms with E-state index in [-0.39, 0.29) is 35.1 Å². The van der Waals surface area contributed by atoms with Gasteiger partial charge in [0.25, 0.3) is 11.8 Å². The first-order valence-electron chi connectivity index (χ1n) is 9.88. The zero-order chi connectivity index (χ0) is 23.4. The molecule has 0 aliphatic carbocycles. The lowest BCUT2D eigenvalue weighted by Crippen LogP contribution is -2.30. The summed E-state index contributed by atoms with van der Waals surface area (Å²) in [7, 11) is 0. The fourth-order valence-corrected chi connectivity index (χ4v) is 3.28. The van der Waals surface area contributed by atoms with Crippen molar-refractivity contribution >= 4 is 17.5 Å². The zero-order valence-corrected chi connectivity index (χ0v) is 17.5. The van der Waals surface area contributed by atoms with Crippen LogP contribution in [0.15, 0.2) is 60.7 Å². The van der Waals surface area contributed by atoms with Gasteiger partial charge < -0.3 is 15.1 Å². The van der Waals surface area contributed by atoms with E-state index in [4.69, 9.17) is 5.21 Å². The molecule has 4 N–H and O–H groups in total. The van der Waals surface area contributed by atoms with Crippen LogP contribution in [0.1, 0.15) is 51.6 Å². The number of halogens is 1. The van der Waals surface area contributed by atoms with E-state index in [0.29, 0.717) is 16.8 Å². The lowest BCUT2D eigenvalue weighted by Gasteiger charge is -2.24. The Bertz CT molecular complexity index is 1130. The molecule has 166 valence electrons. The summed E-state index contributed by atoms with van der Waals surface area (Å²) < 4.78 is 13.5. The number of rotatable bonds is 6. The monoisotopic (exact) mass is 438 g/mol. The van der Waals surface area contributed by atoms with Gasteiger partial charge >= 0.3 is 0 Å². The zero-order valence-electron chi connectivity index (χ0n) is 17.5. The number of phenolic OH excluding ortho intramolecular Hbond substituents is 2. The molecule has 0 unspecified atom stereocenters. The minimum absolute atomic E-state index is 0.00731. The van der Waals surface area contributed by atoms with Crippen LogP contribution in [0.25, 0.3) is 0 Å². The summed E-state index contributed by atoms with van der Waals surface area (Å²) in [6, 6.07) is 14.1. The molecule has 0 aromatic heterocycles. The largest absolute Gasteiger partial charge is 0.508 e. The highest BCUT2D eigenvalue weighted by atomic mass is 19.1. The maximum atomic E-state index is 13.5. The van der Waals surface area contributed by atoms with Gasteiger partial charge in [0, 0.05) is 17.3 Å². The van der Waals surface area contributed by atoms with Crippen LogP contribution in [0, 0.1) is 5.82 Å². The molecule has 3 aromatic rings. The number of phenols is 2. The van der Waals surface area contributed by atoms with Gasteiger partial charge in [-0.25, -0.2) is 9.87 Å². The van der Waals surface area contributed by atoms with Crippen molar-refractivity contribution in [3.8, 4) is 11.5 Å². The number of hydroxylamine groups is 1. The Labute approximate surface area is 184 Å².